The molecular formula is C17H22N4O. The molecule has 1 amide bonds. The SMILES string of the molecule is Cc1ccccc1-n1ncc(C(=O)N2CCCC(N)C2)c1C. The van der Waals surface area contributed by atoms with Crippen molar-refractivity contribution >= 4 is 5.91 Å². The van der Waals surface area contributed by atoms with E-state index in [4.69, 9.17) is 5.73 Å². The van der Waals surface area contributed by atoms with Crippen molar-refractivity contribution in [3.8, 4) is 5.69 Å². The number of carbonyl (C=O) groups excluding carboxylic acids is 1. The van der Waals surface area contributed by atoms with E-state index in [1.54, 1.807) is 6.20 Å². The minimum atomic E-state index is 0.0347. The van der Waals surface area contributed by atoms with E-state index in [1.165, 1.54) is 0 Å². The Balaban J connectivity index is 1.90. The lowest BCUT2D eigenvalue weighted by atomic mass is 10.1. The Morgan fingerprint density at radius 2 is 2.09 bits per heavy atom. The van der Waals surface area contributed by atoms with E-state index in [0.29, 0.717) is 12.1 Å². The maximum atomic E-state index is 12.7. The first-order chi connectivity index (χ1) is 10.6. The van der Waals surface area contributed by atoms with E-state index < -0.39 is 0 Å². The number of benzene rings is 1. The van der Waals surface area contributed by atoms with Crippen LogP contribution >= 0.6 is 0 Å². The molecule has 0 radical (unpaired) electrons. The van der Waals surface area contributed by atoms with Gasteiger partial charge in [-0.15, -0.1) is 0 Å². The molecule has 1 aliphatic heterocycles. The molecule has 1 unspecified atom stereocenters. The molecule has 5 nitrogen and oxygen atoms in total. The van der Waals surface area contributed by atoms with Gasteiger partial charge in [0.1, 0.15) is 0 Å². The van der Waals surface area contributed by atoms with E-state index in [1.807, 2.05) is 47.7 Å². The first kappa shape index (κ1) is 14.8. The van der Waals surface area contributed by atoms with Crippen molar-refractivity contribution in [1.29, 1.82) is 0 Å². The van der Waals surface area contributed by atoms with Crippen molar-refractivity contribution < 1.29 is 4.79 Å². The van der Waals surface area contributed by atoms with Gasteiger partial charge in [0.05, 0.1) is 23.1 Å². The highest BCUT2D eigenvalue weighted by molar-refractivity contribution is 5.95. The second-order valence-electron chi connectivity index (χ2n) is 6.00. The molecule has 0 aliphatic carbocycles. The number of carbonyl (C=O) groups is 1. The molecule has 0 spiro atoms. The molecule has 22 heavy (non-hydrogen) atoms. The van der Waals surface area contributed by atoms with Crippen LogP contribution in [0.1, 0.15) is 34.5 Å². The van der Waals surface area contributed by atoms with Gasteiger partial charge >= 0.3 is 0 Å². The van der Waals surface area contributed by atoms with Crippen molar-refractivity contribution in [2.45, 2.75) is 32.7 Å². The van der Waals surface area contributed by atoms with E-state index in [2.05, 4.69) is 5.10 Å². The third-order valence-corrected chi connectivity index (χ3v) is 4.33. The summed E-state index contributed by atoms with van der Waals surface area (Å²) in [5.74, 6) is 0.0347. The molecule has 116 valence electrons. The number of likely N-dealkylation sites (tertiary alicyclic amines) is 1. The largest absolute Gasteiger partial charge is 0.337 e. The zero-order valence-electron chi connectivity index (χ0n) is 13.1. The molecule has 1 aromatic heterocycles. The summed E-state index contributed by atoms with van der Waals surface area (Å²) in [7, 11) is 0. The maximum absolute atomic E-state index is 12.7. The molecular weight excluding hydrogens is 276 g/mol. The van der Waals surface area contributed by atoms with Gasteiger partial charge in [-0.3, -0.25) is 4.79 Å². The van der Waals surface area contributed by atoms with Gasteiger partial charge < -0.3 is 10.6 Å². The number of aromatic nitrogens is 2. The standard InChI is InChI=1S/C17H22N4O/c1-12-6-3-4-8-16(12)21-13(2)15(10-19-21)17(22)20-9-5-7-14(18)11-20/h3-4,6,8,10,14H,5,7,9,11,18H2,1-2H3. The van der Waals surface area contributed by atoms with Gasteiger partial charge in [0.15, 0.2) is 0 Å². The first-order valence-electron chi connectivity index (χ1n) is 7.73. The molecule has 1 aliphatic rings. The Morgan fingerprint density at radius 1 is 1.32 bits per heavy atom. The topological polar surface area (TPSA) is 64.2 Å². The number of para-hydroxylation sites is 1. The number of nitrogens with two attached hydrogens (primary N) is 1. The summed E-state index contributed by atoms with van der Waals surface area (Å²) < 4.78 is 1.84. The van der Waals surface area contributed by atoms with Crippen LogP contribution in [0.25, 0.3) is 5.69 Å². The summed E-state index contributed by atoms with van der Waals surface area (Å²) in [5, 5.41) is 4.42. The number of aryl methyl sites for hydroxylation is 1. The Morgan fingerprint density at radius 3 is 2.82 bits per heavy atom. The van der Waals surface area contributed by atoms with Crippen LogP contribution in [0, 0.1) is 13.8 Å². The van der Waals surface area contributed by atoms with Gasteiger partial charge in [0.25, 0.3) is 5.91 Å². The highest BCUT2D eigenvalue weighted by Gasteiger charge is 2.25. The lowest BCUT2D eigenvalue weighted by molar-refractivity contribution is 0.0708. The number of hydrogen-bond acceptors (Lipinski definition) is 3. The summed E-state index contributed by atoms with van der Waals surface area (Å²) >= 11 is 0. The quantitative estimate of drug-likeness (QED) is 0.923. The van der Waals surface area contributed by atoms with E-state index in [-0.39, 0.29) is 11.9 Å². The second kappa shape index (κ2) is 5.93. The Labute approximate surface area is 130 Å². The average Bonchev–Trinajstić information content (AvgIpc) is 2.88. The minimum Gasteiger partial charge on any atom is -0.337 e. The van der Waals surface area contributed by atoms with Crippen molar-refractivity contribution in [1.82, 2.24) is 14.7 Å². The first-order valence-corrected chi connectivity index (χ1v) is 7.73. The summed E-state index contributed by atoms with van der Waals surface area (Å²) in [6.45, 7) is 5.40. The van der Waals surface area contributed by atoms with Crippen LogP contribution in [0.3, 0.4) is 0 Å². The molecule has 0 saturated carbocycles. The van der Waals surface area contributed by atoms with Crippen LogP contribution in [-0.4, -0.2) is 39.7 Å². The zero-order chi connectivity index (χ0) is 15.7. The predicted molar refractivity (Wildman–Crippen MR) is 86.2 cm³/mol. The number of hydrogen-bond donors (Lipinski definition) is 1. The lowest BCUT2D eigenvalue weighted by Gasteiger charge is -2.30. The summed E-state index contributed by atoms with van der Waals surface area (Å²) in [6.07, 6.45) is 3.63. The predicted octanol–water partition coefficient (Wildman–Crippen LogP) is 2.05. The van der Waals surface area contributed by atoms with Crippen LogP contribution in [0.2, 0.25) is 0 Å². The van der Waals surface area contributed by atoms with Crippen LogP contribution in [0.5, 0.6) is 0 Å². The fourth-order valence-electron chi connectivity index (χ4n) is 3.03. The Bertz CT molecular complexity index is 692. The fourth-order valence-corrected chi connectivity index (χ4v) is 3.03. The highest BCUT2D eigenvalue weighted by atomic mass is 16.2. The van der Waals surface area contributed by atoms with Gasteiger partial charge in [0, 0.05) is 19.1 Å². The Hall–Kier alpha value is -2.14. The van der Waals surface area contributed by atoms with Crippen LogP contribution in [0.4, 0.5) is 0 Å². The number of amides is 1. The van der Waals surface area contributed by atoms with Crippen LogP contribution in [-0.2, 0) is 0 Å². The molecule has 5 heteroatoms. The van der Waals surface area contributed by atoms with Crippen molar-refractivity contribution in [3.63, 3.8) is 0 Å². The molecule has 1 fully saturated rings. The molecule has 1 aromatic carbocycles. The van der Waals surface area contributed by atoms with Gasteiger partial charge in [-0.2, -0.15) is 5.10 Å². The zero-order valence-corrected chi connectivity index (χ0v) is 13.1. The van der Waals surface area contributed by atoms with Gasteiger partial charge in [0.2, 0.25) is 0 Å². The van der Waals surface area contributed by atoms with Crippen LogP contribution in [0.15, 0.2) is 30.5 Å². The van der Waals surface area contributed by atoms with Gasteiger partial charge in [-0.25, -0.2) is 4.68 Å². The molecule has 2 aromatic rings. The summed E-state index contributed by atoms with van der Waals surface area (Å²) in [4.78, 5) is 14.6. The molecule has 2 heterocycles. The van der Waals surface area contributed by atoms with Crippen molar-refractivity contribution in [3.05, 3.63) is 47.3 Å². The fraction of sp³-hybridized carbons (Fsp3) is 0.412. The summed E-state index contributed by atoms with van der Waals surface area (Å²) in [6, 6.07) is 8.12. The monoisotopic (exact) mass is 298 g/mol. The molecule has 0 bridgehead atoms. The maximum Gasteiger partial charge on any atom is 0.257 e. The third-order valence-electron chi connectivity index (χ3n) is 4.33. The lowest BCUT2D eigenvalue weighted by Crippen LogP contribution is -2.45. The Kier molecular flexibility index (Phi) is 3.98. The van der Waals surface area contributed by atoms with Gasteiger partial charge in [-0.05, 0) is 38.3 Å². The molecule has 1 atom stereocenters. The average molecular weight is 298 g/mol. The minimum absolute atomic E-state index is 0.0347. The summed E-state index contributed by atoms with van der Waals surface area (Å²) in [5.41, 5.74) is 9.66. The van der Waals surface area contributed by atoms with Crippen molar-refractivity contribution in [2.75, 3.05) is 13.1 Å². The number of rotatable bonds is 2. The van der Waals surface area contributed by atoms with E-state index >= 15 is 0 Å². The highest BCUT2D eigenvalue weighted by Crippen LogP contribution is 2.20. The smallest absolute Gasteiger partial charge is 0.257 e. The number of piperidine rings is 1. The normalized spacial score (nSPS) is 18.5. The molecule has 2 N–H and O–H groups in total. The molecule has 3 rings (SSSR count). The second-order valence-corrected chi connectivity index (χ2v) is 6.00. The molecule has 1 saturated heterocycles. The van der Waals surface area contributed by atoms with E-state index in [9.17, 15) is 4.79 Å². The number of nitrogens with zero attached hydrogens (tertiary/aromatic N) is 3. The van der Waals surface area contributed by atoms with Crippen LogP contribution < -0.4 is 5.73 Å². The third kappa shape index (κ3) is 2.64. The van der Waals surface area contributed by atoms with Gasteiger partial charge in [-0.1, -0.05) is 18.2 Å². The van der Waals surface area contributed by atoms with Crippen molar-refractivity contribution in [2.24, 2.45) is 5.73 Å². The van der Waals surface area contributed by atoms with E-state index in [0.717, 1.165) is 36.3 Å².